The molecule has 0 radical (unpaired) electrons. The number of hydrogen-bond acceptors (Lipinski definition) is 5. The highest BCUT2D eigenvalue weighted by Gasteiger charge is 2.33. The van der Waals surface area contributed by atoms with E-state index in [9.17, 15) is 23.5 Å². The van der Waals surface area contributed by atoms with Crippen molar-refractivity contribution in [3.8, 4) is 6.07 Å². The number of aliphatic hydroxyl groups is 1. The molecule has 3 N–H and O–H groups in total. The van der Waals surface area contributed by atoms with E-state index in [0.717, 1.165) is 17.7 Å². The Morgan fingerprint density at radius 1 is 1.36 bits per heavy atom. The van der Waals surface area contributed by atoms with Gasteiger partial charge in [0, 0.05) is 12.6 Å². The number of benzene rings is 1. The first-order valence-electron chi connectivity index (χ1n) is 8.16. The van der Waals surface area contributed by atoms with E-state index in [2.05, 4.69) is 15.6 Å². The molecule has 1 aromatic carbocycles. The maximum atomic E-state index is 13.8. The highest BCUT2D eigenvalue weighted by atomic mass is 19.1. The van der Waals surface area contributed by atoms with Crippen molar-refractivity contribution < 1.29 is 23.5 Å². The summed E-state index contributed by atoms with van der Waals surface area (Å²) in [5, 5.41) is 23.8. The van der Waals surface area contributed by atoms with Crippen LogP contribution in [0.3, 0.4) is 0 Å². The molecule has 28 heavy (non-hydrogen) atoms. The van der Waals surface area contributed by atoms with Crippen molar-refractivity contribution in [2.75, 3.05) is 5.32 Å². The Labute approximate surface area is 158 Å². The van der Waals surface area contributed by atoms with E-state index >= 15 is 0 Å². The fourth-order valence-corrected chi connectivity index (χ4v) is 2.76. The SMILES string of the molecule is Cc1ccc(NC(=O)C2=C(O)CC(c3cc(F)c(C#N)c(F)c3)NC2=O)nc1. The van der Waals surface area contributed by atoms with Crippen LogP contribution >= 0.6 is 0 Å². The van der Waals surface area contributed by atoms with Gasteiger partial charge >= 0.3 is 0 Å². The van der Waals surface area contributed by atoms with E-state index in [4.69, 9.17) is 5.26 Å². The minimum absolute atomic E-state index is 0.0218. The van der Waals surface area contributed by atoms with E-state index in [0.29, 0.717) is 0 Å². The van der Waals surface area contributed by atoms with Crippen molar-refractivity contribution >= 4 is 17.6 Å². The third kappa shape index (κ3) is 3.66. The van der Waals surface area contributed by atoms with Crippen LogP contribution in [-0.2, 0) is 9.59 Å². The number of anilines is 1. The number of nitriles is 1. The summed E-state index contributed by atoms with van der Waals surface area (Å²) in [5.41, 5.74) is -0.349. The lowest BCUT2D eigenvalue weighted by Crippen LogP contribution is -2.39. The van der Waals surface area contributed by atoms with Gasteiger partial charge < -0.3 is 15.7 Å². The van der Waals surface area contributed by atoms with Crippen LogP contribution < -0.4 is 10.6 Å². The van der Waals surface area contributed by atoms with Crippen LogP contribution in [0.1, 0.15) is 29.2 Å². The topological polar surface area (TPSA) is 115 Å². The molecule has 1 unspecified atom stereocenters. The summed E-state index contributed by atoms with van der Waals surface area (Å²) in [6, 6.07) is 5.50. The Morgan fingerprint density at radius 3 is 2.57 bits per heavy atom. The largest absolute Gasteiger partial charge is 0.511 e. The molecule has 0 aliphatic carbocycles. The second-order valence-corrected chi connectivity index (χ2v) is 6.20. The molecule has 2 amide bonds. The minimum atomic E-state index is -1.08. The Balaban J connectivity index is 1.84. The first-order valence-corrected chi connectivity index (χ1v) is 8.16. The smallest absolute Gasteiger partial charge is 0.265 e. The monoisotopic (exact) mass is 384 g/mol. The standard InChI is InChI=1S/C19H14F2N4O3/c1-9-2-3-16(23-8-9)25-19(28)17-15(26)6-14(24-18(17)27)10-4-12(20)11(7-22)13(21)5-10/h2-5,8,14,26H,6H2,1H3,(H,24,27)(H,23,25,28). The molecule has 9 heteroatoms. The molecule has 1 aliphatic heterocycles. The van der Waals surface area contributed by atoms with E-state index in [-0.39, 0.29) is 17.8 Å². The lowest BCUT2D eigenvalue weighted by Gasteiger charge is -2.25. The first kappa shape index (κ1) is 19.0. The third-order valence-corrected chi connectivity index (χ3v) is 4.18. The van der Waals surface area contributed by atoms with E-state index in [1.807, 2.05) is 6.92 Å². The molecule has 142 valence electrons. The van der Waals surface area contributed by atoms with Crippen LogP contribution in [0.25, 0.3) is 0 Å². The van der Waals surface area contributed by atoms with Gasteiger partial charge in [0.15, 0.2) is 0 Å². The number of carbonyl (C=O) groups is 2. The number of carbonyl (C=O) groups excluding carboxylic acids is 2. The zero-order valence-corrected chi connectivity index (χ0v) is 14.6. The molecule has 2 heterocycles. The average Bonchev–Trinajstić information content (AvgIpc) is 2.62. The van der Waals surface area contributed by atoms with E-state index in [1.165, 1.54) is 18.3 Å². The second-order valence-electron chi connectivity index (χ2n) is 6.20. The van der Waals surface area contributed by atoms with Gasteiger partial charge in [-0.3, -0.25) is 9.59 Å². The number of nitrogens with zero attached hydrogens (tertiary/aromatic N) is 2. The fraction of sp³-hybridized carbons (Fsp3) is 0.158. The fourth-order valence-electron chi connectivity index (χ4n) is 2.76. The van der Waals surface area contributed by atoms with Gasteiger partial charge in [-0.25, -0.2) is 13.8 Å². The Kier molecular flexibility index (Phi) is 5.04. The lowest BCUT2D eigenvalue weighted by atomic mass is 9.95. The van der Waals surface area contributed by atoms with Gasteiger partial charge in [-0.1, -0.05) is 6.07 Å². The van der Waals surface area contributed by atoms with Crippen molar-refractivity contribution in [2.24, 2.45) is 0 Å². The number of amides is 2. The van der Waals surface area contributed by atoms with E-state index in [1.54, 1.807) is 6.07 Å². The maximum absolute atomic E-state index is 13.8. The summed E-state index contributed by atoms with van der Waals surface area (Å²) in [6.07, 6.45) is 1.27. The predicted octanol–water partition coefficient (Wildman–Crippen LogP) is 2.55. The normalized spacial score (nSPS) is 16.4. The molecule has 0 bridgehead atoms. The minimum Gasteiger partial charge on any atom is -0.511 e. The van der Waals surface area contributed by atoms with Gasteiger partial charge in [-0.2, -0.15) is 5.26 Å². The summed E-state index contributed by atoms with van der Waals surface area (Å²) in [5.74, 6) is -4.25. The lowest BCUT2D eigenvalue weighted by molar-refractivity contribution is -0.123. The van der Waals surface area contributed by atoms with Crippen LogP contribution in [0.2, 0.25) is 0 Å². The number of hydrogen-bond donors (Lipinski definition) is 3. The van der Waals surface area contributed by atoms with Crippen LogP contribution in [0, 0.1) is 29.9 Å². The summed E-state index contributed by atoms with van der Waals surface area (Å²) in [4.78, 5) is 28.6. The highest BCUT2D eigenvalue weighted by molar-refractivity contribution is 6.23. The molecular weight excluding hydrogens is 370 g/mol. The Hall–Kier alpha value is -3.80. The Morgan fingerprint density at radius 2 is 2.04 bits per heavy atom. The molecule has 1 aromatic heterocycles. The third-order valence-electron chi connectivity index (χ3n) is 4.18. The summed E-state index contributed by atoms with van der Waals surface area (Å²) in [7, 11) is 0. The number of rotatable bonds is 3. The molecule has 3 rings (SSSR count). The zero-order valence-electron chi connectivity index (χ0n) is 14.6. The number of aromatic nitrogens is 1. The van der Waals surface area contributed by atoms with E-state index < -0.39 is 46.4 Å². The quantitative estimate of drug-likeness (QED) is 0.704. The van der Waals surface area contributed by atoms with Gasteiger partial charge in [-0.15, -0.1) is 0 Å². The van der Waals surface area contributed by atoms with Gasteiger partial charge in [-0.05, 0) is 36.2 Å². The second kappa shape index (κ2) is 7.44. The van der Waals surface area contributed by atoms with Gasteiger partial charge in [0.2, 0.25) is 0 Å². The molecule has 7 nitrogen and oxygen atoms in total. The van der Waals surface area contributed by atoms with Crippen LogP contribution in [0.4, 0.5) is 14.6 Å². The number of aryl methyl sites for hydroxylation is 1. The molecular formula is C19H14F2N4O3. The van der Waals surface area contributed by atoms with Crippen LogP contribution in [-0.4, -0.2) is 21.9 Å². The summed E-state index contributed by atoms with van der Waals surface area (Å²) >= 11 is 0. The molecule has 0 spiro atoms. The number of pyridine rings is 1. The average molecular weight is 384 g/mol. The van der Waals surface area contributed by atoms with Crippen molar-refractivity contribution in [3.05, 3.63) is 70.1 Å². The van der Waals surface area contributed by atoms with Crippen LogP contribution in [0.15, 0.2) is 41.8 Å². The number of aliphatic hydroxyl groups excluding tert-OH is 1. The molecule has 0 saturated carbocycles. The molecule has 1 aliphatic rings. The number of nitrogens with one attached hydrogen (secondary N) is 2. The highest BCUT2D eigenvalue weighted by Crippen LogP contribution is 2.29. The first-order chi connectivity index (χ1) is 13.3. The van der Waals surface area contributed by atoms with Crippen molar-refractivity contribution in [1.82, 2.24) is 10.3 Å². The zero-order chi connectivity index (χ0) is 20.4. The van der Waals surface area contributed by atoms with Crippen molar-refractivity contribution in [3.63, 3.8) is 0 Å². The molecule has 2 aromatic rings. The van der Waals surface area contributed by atoms with Gasteiger partial charge in [0.25, 0.3) is 11.8 Å². The summed E-state index contributed by atoms with van der Waals surface area (Å²) in [6.45, 7) is 1.82. The molecule has 0 fully saturated rings. The number of halogens is 2. The maximum Gasteiger partial charge on any atom is 0.265 e. The van der Waals surface area contributed by atoms with Gasteiger partial charge in [0.05, 0.1) is 6.04 Å². The van der Waals surface area contributed by atoms with Crippen molar-refractivity contribution in [2.45, 2.75) is 19.4 Å². The molecule has 1 atom stereocenters. The Bertz CT molecular complexity index is 1020. The van der Waals surface area contributed by atoms with Crippen molar-refractivity contribution in [1.29, 1.82) is 5.26 Å². The van der Waals surface area contributed by atoms with Crippen LogP contribution in [0.5, 0.6) is 0 Å². The van der Waals surface area contributed by atoms with Gasteiger partial charge in [0.1, 0.15) is 40.4 Å². The summed E-state index contributed by atoms with van der Waals surface area (Å²) < 4.78 is 27.6. The predicted molar refractivity (Wildman–Crippen MR) is 93.8 cm³/mol. The molecule has 0 saturated heterocycles.